The maximum atomic E-state index is 4.78. The molecule has 0 spiro atoms. The van der Waals surface area contributed by atoms with Gasteiger partial charge in [0.25, 0.3) is 0 Å². The third kappa shape index (κ3) is 3.47. The summed E-state index contributed by atoms with van der Waals surface area (Å²) in [6.45, 7) is 14.1. The topological polar surface area (TPSA) is 49.8 Å². The Labute approximate surface area is 129 Å². The lowest BCUT2D eigenvalue weighted by Gasteiger charge is -2.29. The van der Waals surface area contributed by atoms with Gasteiger partial charge in [0, 0.05) is 24.1 Å². The van der Waals surface area contributed by atoms with Crippen LogP contribution in [0.2, 0.25) is 0 Å². The SMILES string of the molecule is CCNc1nc(C(C)C)nc(NC2CCCC2(C)C)c1C. The Hall–Kier alpha value is -1.32. The molecule has 0 saturated heterocycles. The molecule has 1 aromatic heterocycles. The van der Waals surface area contributed by atoms with Crippen LogP contribution in [0.25, 0.3) is 0 Å². The van der Waals surface area contributed by atoms with Gasteiger partial charge >= 0.3 is 0 Å². The quantitative estimate of drug-likeness (QED) is 0.847. The van der Waals surface area contributed by atoms with Crippen LogP contribution >= 0.6 is 0 Å². The van der Waals surface area contributed by atoms with Crippen molar-refractivity contribution in [3.63, 3.8) is 0 Å². The van der Waals surface area contributed by atoms with Gasteiger partial charge in [-0.1, -0.05) is 34.1 Å². The smallest absolute Gasteiger partial charge is 0.135 e. The average Bonchev–Trinajstić information content (AvgIpc) is 2.73. The second kappa shape index (κ2) is 6.20. The standard InChI is InChI=1S/C17H30N4/c1-7-18-15-12(4)16(21-14(20-15)11(2)3)19-13-9-8-10-17(13,5)6/h11,13H,7-10H2,1-6H3,(H2,18,19,20,21). The lowest BCUT2D eigenvalue weighted by atomic mass is 9.87. The van der Waals surface area contributed by atoms with Crippen LogP contribution in [0, 0.1) is 12.3 Å². The Morgan fingerprint density at radius 3 is 2.43 bits per heavy atom. The van der Waals surface area contributed by atoms with Gasteiger partial charge in [-0.15, -0.1) is 0 Å². The van der Waals surface area contributed by atoms with Crippen LogP contribution in [0.5, 0.6) is 0 Å². The first-order chi connectivity index (χ1) is 9.85. The van der Waals surface area contributed by atoms with Crippen LogP contribution in [0.15, 0.2) is 0 Å². The van der Waals surface area contributed by atoms with E-state index in [0.717, 1.165) is 29.6 Å². The molecular weight excluding hydrogens is 260 g/mol. The molecule has 1 aromatic rings. The molecule has 1 saturated carbocycles. The van der Waals surface area contributed by atoms with Crippen molar-refractivity contribution < 1.29 is 0 Å². The average molecular weight is 290 g/mol. The number of anilines is 2. The van der Waals surface area contributed by atoms with Gasteiger partial charge in [-0.2, -0.15) is 0 Å². The van der Waals surface area contributed by atoms with E-state index in [4.69, 9.17) is 4.98 Å². The monoisotopic (exact) mass is 290 g/mol. The first kappa shape index (κ1) is 16.1. The van der Waals surface area contributed by atoms with Crippen LogP contribution < -0.4 is 10.6 Å². The number of nitrogens with one attached hydrogen (secondary N) is 2. The molecule has 21 heavy (non-hydrogen) atoms. The Morgan fingerprint density at radius 1 is 1.24 bits per heavy atom. The van der Waals surface area contributed by atoms with Gasteiger partial charge < -0.3 is 10.6 Å². The Morgan fingerprint density at radius 2 is 1.90 bits per heavy atom. The van der Waals surface area contributed by atoms with Crippen molar-refractivity contribution in [3.8, 4) is 0 Å². The molecule has 1 heterocycles. The van der Waals surface area contributed by atoms with Crippen LogP contribution in [-0.4, -0.2) is 22.6 Å². The van der Waals surface area contributed by atoms with E-state index in [2.05, 4.69) is 57.2 Å². The number of hydrogen-bond donors (Lipinski definition) is 2. The van der Waals surface area contributed by atoms with Crippen LogP contribution in [0.3, 0.4) is 0 Å². The Kier molecular flexibility index (Phi) is 4.74. The second-order valence-electron chi connectivity index (χ2n) is 7.17. The predicted molar refractivity (Wildman–Crippen MR) is 90.1 cm³/mol. The predicted octanol–water partition coefficient (Wildman–Crippen LogP) is 4.33. The molecule has 0 amide bonds. The lowest BCUT2D eigenvalue weighted by Crippen LogP contribution is -2.31. The largest absolute Gasteiger partial charge is 0.370 e. The Balaban J connectivity index is 2.33. The summed E-state index contributed by atoms with van der Waals surface area (Å²) < 4.78 is 0. The summed E-state index contributed by atoms with van der Waals surface area (Å²) >= 11 is 0. The van der Waals surface area contributed by atoms with Gasteiger partial charge in [0.05, 0.1) is 0 Å². The number of aromatic nitrogens is 2. The highest BCUT2D eigenvalue weighted by molar-refractivity contribution is 5.58. The molecule has 1 fully saturated rings. The first-order valence-corrected chi connectivity index (χ1v) is 8.24. The summed E-state index contributed by atoms with van der Waals surface area (Å²) in [6.07, 6.45) is 3.81. The molecule has 1 aliphatic rings. The van der Waals surface area contributed by atoms with Crippen molar-refractivity contribution >= 4 is 11.6 Å². The van der Waals surface area contributed by atoms with E-state index in [1.807, 2.05) is 0 Å². The fraction of sp³-hybridized carbons (Fsp3) is 0.765. The second-order valence-corrected chi connectivity index (χ2v) is 7.17. The molecule has 0 aromatic carbocycles. The van der Waals surface area contributed by atoms with Crippen LogP contribution in [-0.2, 0) is 0 Å². The van der Waals surface area contributed by atoms with Crippen molar-refractivity contribution in [2.45, 2.75) is 72.8 Å². The van der Waals surface area contributed by atoms with E-state index < -0.39 is 0 Å². The van der Waals surface area contributed by atoms with Crippen molar-refractivity contribution in [1.82, 2.24) is 9.97 Å². The molecule has 1 unspecified atom stereocenters. The minimum atomic E-state index is 0.333. The van der Waals surface area contributed by atoms with E-state index >= 15 is 0 Å². The van der Waals surface area contributed by atoms with E-state index in [1.54, 1.807) is 0 Å². The van der Waals surface area contributed by atoms with Gasteiger partial charge in [0.1, 0.15) is 17.5 Å². The number of rotatable bonds is 5. The van der Waals surface area contributed by atoms with Gasteiger partial charge in [0.15, 0.2) is 0 Å². The summed E-state index contributed by atoms with van der Waals surface area (Å²) in [5.41, 5.74) is 1.47. The number of hydrogen-bond acceptors (Lipinski definition) is 4. The molecule has 1 aliphatic carbocycles. The van der Waals surface area contributed by atoms with Crippen LogP contribution in [0.1, 0.15) is 71.2 Å². The van der Waals surface area contributed by atoms with Crippen molar-refractivity contribution in [2.75, 3.05) is 17.2 Å². The molecule has 0 radical (unpaired) electrons. The molecule has 4 heteroatoms. The molecule has 0 bridgehead atoms. The molecule has 118 valence electrons. The van der Waals surface area contributed by atoms with E-state index in [-0.39, 0.29) is 0 Å². The highest BCUT2D eigenvalue weighted by Crippen LogP contribution is 2.39. The maximum Gasteiger partial charge on any atom is 0.135 e. The molecular formula is C17H30N4. The first-order valence-electron chi connectivity index (χ1n) is 8.24. The molecule has 2 N–H and O–H groups in total. The van der Waals surface area contributed by atoms with Gasteiger partial charge in [-0.3, -0.25) is 0 Å². The zero-order chi connectivity index (χ0) is 15.6. The van der Waals surface area contributed by atoms with Crippen LogP contribution in [0.4, 0.5) is 11.6 Å². The molecule has 1 atom stereocenters. The van der Waals surface area contributed by atoms with E-state index in [9.17, 15) is 0 Å². The minimum Gasteiger partial charge on any atom is -0.370 e. The lowest BCUT2D eigenvalue weighted by molar-refractivity contribution is 0.349. The minimum absolute atomic E-state index is 0.333. The van der Waals surface area contributed by atoms with Crippen molar-refractivity contribution in [2.24, 2.45) is 5.41 Å². The van der Waals surface area contributed by atoms with E-state index in [1.165, 1.54) is 19.3 Å². The van der Waals surface area contributed by atoms with Gasteiger partial charge in [-0.25, -0.2) is 9.97 Å². The van der Waals surface area contributed by atoms with Gasteiger partial charge in [-0.05, 0) is 32.1 Å². The summed E-state index contributed by atoms with van der Waals surface area (Å²) in [5, 5.41) is 7.07. The molecule has 0 aliphatic heterocycles. The Bertz CT molecular complexity index is 494. The van der Waals surface area contributed by atoms with E-state index in [0.29, 0.717) is 17.4 Å². The summed E-state index contributed by atoms with van der Waals surface area (Å²) in [7, 11) is 0. The summed E-state index contributed by atoms with van der Waals surface area (Å²) in [4.78, 5) is 9.45. The third-order valence-corrected chi connectivity index (χ3v) is 4.59. The fourth-order valence-electron chi connectivity index (χ4n) is 3.03. The van der Waals surface area contributed by atoms with Gasteiger partial charge in [0.2, 0.25) is 0 Å². The fourth-order valence-corrected chi connectivity index (χ4v) is 3.03. The maximum absolute atomic E-state index is 4.78. The third-order valence-electron chi connectivity index (χ3n) is 4.59. The zero-order valence-corrected chi connectivity index (χ0v) is 14.4. The van der Waals surface area contributed by atoms with Crippen molar-refractivity contribution in [1.29, 1.82) is 0 Å². The number of nitrogens with zero attached hydrogens (tertiary/aromatic N) is 2. The highest BCUT2D eigenvalue weighted by Gasteiger charge is 2.35. The normalized spacial score (nSPS) is 20.8. The summed E-state index contributed by atoms with van der Waals surface area (Å²) in [6, 6.07) is 0.501. The molecule has 2 rings (SSSR count). The highest BCUT2D eigenvalue weighted by atomic mass is 15.1. The van der Waals surface area contributed by atoms with Crippen molar-refractivity contribution in [3.05, 3.63) is 11.4 Å². The molecule has 4 nitrogen and oxygen atoms in total. The zero-order valence-electron chi connectivity index (χ0n) is 14.4. The summed E-state index contributed by atoms with van der Waals surface area (Å²) in [5.74, 6) is 3.22.